The fourth-order valence-corrected chi connectivity index (χ4v) is 3.47. The van der Waals surface area contributed by atoms with Crippen molar-refractivity contribution in [3.8, 4) is 34.1 Å². The van der Waals surface area contributed by atoms with E-state index in [9.17, 15) is 5.11 Å². The number of rotatable bonds is 8. The van der Waals surface area contributed by atoms with Crippen LogP contribution in [-0.2, 0) is 6.42 Å². The predicted octanol–water partition coefficient (Wildman–Crippen LogP) is 3.13. The molecule has 0 spiro atoms. The van der Waals surface area contributed by atoms with Crippen LogP contribution in [0.15, 0.2) is 61.4 Å². The van der Waals surface area contributed by atoms with Crippen LogP contribution < -0.4 is 9.47 Å². The van der Waals surface area contributed by atoms with Gasteiger partial charge in [0, 0.05) is 41.7 Å². The number of aromatic amines is 1. The molecule has 1 atom stereocenters. The normalized spacial score (nSPS) is 12.0. The minimum Gasteiger partial charge on any atom is -0.497 e. The molecule has 4 rings (SSSR count). The molecule has 0 amide bonds. The van der Waals surface area contributed by atoms with Crippen LogP contribution in [-0.4, -0.2) is 50.4 Å². The van der Waals surface area contributed by atoms with Crippen molar-refractivity contribution in [1.82, 2.24) is 24.5 Å². The number of ether oxygens (including phenoxy) is 2. The smallest absolute Gasteiger partial charge is 0.213 e. The molecule has 154 valence electrons. The summed E-state index contributed by atoms with van der Waals surface area (Å²) in [5.74, 6) is 1.25. The van der Waals surface area contributed by atoms with Crippen molar-refractivity contribution in [2.75, 3.05) is 20.8 Å². The molecule has 3 heterocycles. The number of nitrogens with one attached hydrogen (secondary N) is 1. The second-order valence-electron chi connectivity index (χ2n) is 6.79. The number of imidazole rings is 2. The molecule has 8 nitrogen and oxygen atoms in total. The van der Waals surface area contributed by atoms with Crippen molar-refractivity contribution >= 4 is 0 Å². The van der Waals surface area contributed by atoms with Crippen LogP contribution in [0.1, 0.15) is 11.7 Å². The second kappa shape index (κ2) is 8.79. The summed E-state index contributed by atoms with van der Waals surface area (Å²) >= 11 is 0. The van der Waals surface area contributed by atoms with Gasteiger partial charge in [-0.3, -0.25) is 0 Å². The first-order valence-corrected chi connectivity index (χ1v) is 9.53. The molecule has 30 heavy (non-hydrogen) atoms. The van der Waals surface area contributed by atoms with Gasteiger partial charge in [0.05, 0.1) is 50.9 Å². The van der Waals surface area contributed by atoms with E-state index < -0.39 is 0 Å². The highest BCUT2D eigenvalue weighted by Crippen LogP contribution is 2.35. The van der Waals surface area contributed by atoms with Crippen LogP contribution in [0.2, 0.25) is 0 Å². The number of aliphatic hydroxyl groups is 1. The number of methoxy groups -OCH3 is 2. The lowest BCUT2D eigenvalue weighted by atomic mass is 10.0. The first kappa shape index (κ1) is 19.7. The van der Waals surface area contributed by atoms with E-state index in [2.05, 4.69) is 15.0 Å². The van der Waals surface area contributed by atoms with Gasteiger partial charge in [0.15, 0.2) is 0 Å². The minimum atomic E-state index is -0.230. The third-order valence-corrected chi connectivity index (χ3v) is 4.97. The number of aliphatic hydroxyl groups excluding tert-OH is 1. The van der Waals surface area contributed by atoms with Gasteiger partial charge in [-0.2, -0.15) is 0 Å². The van der Waals surface area contributed by atoms with Gasteiger partial charge in [-0.1, -0.05) is 12.1 Å². The Balaban J connectivity index is 1.86. The molecule has 8 heteroatoms. The van der Waals surface area contributed by atoms with Gasteiger partial charge in [-0.05, 0) is 18.2 Å². The van der Waals surface area contributed by atoms with Gasteiger partial charge in [-0.15, -0.1) is 0 Å². The molecule has 0 bridgehead atoms. The van der Waals surface area contributed by atoms with E-state index in [-0.39, 0.29) is 12.6 Å². The Morgan fingerprint density at radius 3 is 2.73 bits per heavy atom. The van der Waals surface area contributed by atoms with Crippen LogP contribution >= 0.6 is 0 Å². The molecular formula is C22H23N5O3. The SMILES string of the molecule is COc1cccc(-c2ncn([C@H](CO)Cc3cnc[nH]3)c2-c2ccnc(OC)c2)c1. The molecule has 0 aliphatic carbocycles. The molecule has 4 aromatic rings. The summed E-state index contributed by atoms with van der Waals surface area (Å²) in [5, 5.41) is 10.2. The van der Waals surface area contributed by atoms with Crippen molar-refractivity contribution in [3.63, 3.8) is 0 Å². The predicted molar refractivity (Wildman–Crippen MR) is 112 cm³/mol. The highest BCUT2D eigenvalue weighted by molar-refractivity contribution is 5.79. The van der Waals surface area contributed by atoms with E-state index in [0.29, 0.717) is 12.3 Å². The van der Waals surface area contributed by atoms with Gasteiger partial charge in [-0.25, -0.2) is 15.0 Å². The van der Waals surface area contributed by atoms with Crippen LogP contribution in [0.25, 0.3) is 22.5 Å². The zero-order valence-electron chi connectivity index (χ0n) is 16.8. The highest BCUT2D eigenvalue weighted by atomic mass is 16.5. The van der Waals surface area contributed by atoms with Crippen molar-refractivity contribution < 1.29 is 14.6 Å². The summed E-state index contributed by atoms with van der Waals surface area (Å²) in [4.78, 5) is 16.1. The van der Waals surface area contributed by atoms with Gasteiger partial charge in [0.1, 0.15) is 5.75 Å². The summed E-state index contributed by atoms with van der Waals surface area (Å²) in [6.45, 7) is -0.0534. The van der Waals surface area contributed by atoms with Crippen LogP contribution in [0.4, 0.5) is 0 Å². The molecule has 0 saturated carbocycles. The first-order chi connectivity index (χ1) is 14.7. The van der Waals surface area contributed by atoms with Crippen LogP contribution in [0.5, 0.6) is 11.6 Å². The standard InChI is InChI=1S/C22H23N5O3/c1-29-19-5-3-4-15(8-19)21-22(16-6-7-24-20(9-16)30-2)27(14-26-21)18(12-28)10-17-11-23-13-25-17/h3-9,11,13-14,18,28H,10,12H2,1-2H3,(H,23,25)/t18-/m0/s1. The maximum atomic E-state index is 10.2. The molecule has 0 aliphatic heterocycles. The number of hydrogen-bond donors (Lipinski definition) is 2. The van der Waals surface area contributed by atoms with Crippen molar-refractivity contribution in [1.29, 1.82) is 0 Å². The molecule has 0 aliphatic rings. The van der Waals surface area contributed by atoms with E-state index >= 15 is 0 Å². The van der Waals surface area contributed by atoms with E-state index in [1.165, 1.54) is 0 Å². The molecule has 1 aromatic carbocycles. The summed E-state index contributed by atoms with van der Waals surface area (Å²) in [7, 11) is 3.22. The topological polar surface area (TPSA) is 98.1 Å². The monoisotopic (exact) mass is 405 g/mol. The summed E-state index contributed by atoms with van der Waals surface area (Å²) < 4.78 is 12.7. The van der Waals surface area contributed by atoms with Crippen LogP contribution in [0, 0.1) is 0 Å². The Morgan fingerprint density at radius 1 is 1.10 bits per heavy atom. The Kier molecular flexibility index (Phi) is 5.76. The molecule has 3 aromatic heterocycles. The second-order valence-corrected chi connectivity index (χ2v) is 6.79. The van der Waals surface area contributed by atoms with Gasteiger partial charge in [0.25, 0.3) is 0 Å². The quantitative estimate of drug-likeness (QED) is 0.467. The Hall–Kier alpha value is -3.65. The zero-order chi connectivity index (χ0) is 20.9. The number of benzene rings is 1. The number of pyridine rings is 1. The lowest BCUT2D eigenvalue weighted by Gasteiger charge is -2.19. The van der Waals surface area contributed by atoms with Gasteiger partial charge in [0.2, 0.25) is 5.88 Å². The van der Waals surface area contributed by atoms with Gasteiger partial charge < -0.3 is 24.1 Å². The fourth-order valence-electron chi connectivity index (χ4n) is 3.47. The Morgan fingerprint density at radius 2 is 2.00 bits per heavy atom. The van der Waals surface area contributed by atoms with E-state index in [0.717, 1.165) is 34.0 Å². The minimum absolute atomic E-state index is 0.0534. The number of nitrogens with zero attached hydrogens (tertiary/aromatic N) is 4. The van der Waals surface area contributed by atoms with Crippen LogP contribution in [0.3, 0.4) is 0 Å². The lowest BCUT2D eigenvalue weighted by Crippen LogP contribution is -2.16. The summed E-state index contributed by atoms with van der Waals surface area (Å²) in [6, 6.07) is 11.3. The average molecular weight is 405 g/mol. The average Bonchev–Trinajstić information content (AvgIpc) is 3.47. The number of H-pyrrole nitrogens is 1. The van der Waals surface area contributed by atoms with E-state index in [4.69, 9.17) is 14.5 Å². The number of hydrogen-bond acceptors (Lipinski definition) is 6. The Bertz CT molecular complexity index is 1110. The fraction of sp³-hybridized carbons (Fsp3) is 0.227. The molecule has 0 radical (unpaired) electrons. The third-order valence-electron chi connectivity index (χ3n) is 4.97. The third kappa shape index (κ3) is 3.90. The summed E-state index contributed by atoms with van der Waals surface area (Å²) in [6.07, 6.45) is 7.43. The maximum absolute atomic E-state index is 10.2. The van der Waals surface area contributed by atoms with Crippen molar-refractivity contribution in [2.24, 2.45) is 0 Å². The van der Waals surface area contributed by atoms with Crippen molar-refractivity contribution in [2.45, 2.75) is 12.5 Å². The largest absolute Gasteiger partial charge is 0.497 e. The number of aromatic nitrogens is 5. The van der Waals surface area contributed by atoms with Gasteiger partial charge >= 0.3 is 0 Å². The van der Waals surface area contributed by atoms with E-state index in [1.54, 1.807) is 39.3 Å². The lowest BCUT2D eigenvalue weighted by molar-refractivity contribution is 0.227. The Labute approximate surface area is 174 Å². The summed E-state index contributed by atoms with van der Waals surface area (Å²) in [5.41, 5.74) is 4.38. The van der Waals surface area contributed by atoms with Crippen molar-refractivity contribution in [3.05, 3.63) is 67.1 Å². The maximum Gasteiger partial charge on any atom is 0.213 e. The van der Waals surface area contributed by atoms with E-state index in [1.807, 2.05) is 41.0 Å². The molecule has 2 N–H and O–H groups in total. The molecule has 0 saturated heterocycles. The molecule has 0 unspecified atom stereocenters. The highest BCUT2D eigenvalue weighted by Gasteiger charge is 2.22. The molecular weight excluding hydrogens is 382 g/mol. The molecule has 0 fully saturated rings. The first-order valence-electron chi connectivity index (χ1n) is 9.53. The zero-order valence-corrected chi connectivity index (χ0v) is 16.8.